The second-order valence-electron chi connectivity index (χ2n) is 9.48. The Morgan fingerprint density at radius 2 is 1.44 bits per heavy atom. The fourth-order valence-corrected chi connectivity index (χ4v) is 4.13. The van der Waals surface area contributed by atoms with Crippen molar-refractivity contribution in [3.63, 3.8) is 0 Å². The number of nitrogens with zero attached hydrogens (tertiary/aromatic N) is 3. The number of esters is 1. The van der Waals surface area contributed by atoms with Crippen molar-refractivity contribution in [3.05, 3.63) is 95.6 Å². The number of ether oxygens (including phenoxy) is 1. The molecule has 0 aliphatic heterocycles. The largest absolute Gasteiger partial charge is 0.411 e. The van der Waals surface area contributed by atoms with Crippen LogP contribution in [0, 0.1) is 0 Å². The van der Waals surface area contributed by atoms with E-state index in [1.54, 1.807) is 24.6 Å². The van der Waals surface area contributed by atoms with Crippen LogP contribution in [0.2, 0.25) is 0 Å². The molecule has 168 valence electrons. The van der Waals surface area contributed by atoms with Gasteiger partial charge in [-0.25, -0.2) is 4.79 Å². The van der Waals surface area contributed by atoms with E-state index in [9.17, 15) is 4.79 Å². The highest BCUT2D eigenvalue weighted by atomic mass is 16.5. The molecule has 0 saturated carbocycles. The summed E-state index contributed by atoms with van der Waals surface area (Å²) in [6, 6.07) is 26.4. The average Bonchev–Trinajstić information content (AvgIpc) is 2.84. The Morgan fingerprint density at radius 3 is 2.18 bits per heavy atom. The van der Waals surface area contributed by atoms with Gasteiger partial charge in [0.05, 0.1) is 39.1 Å². The van der Waals surface area contributed by atoms with Crippen molar-refractivity contribution in [1.82, 2.24) is 0 Å². The molecule has 0 atom stereocenters. The van der Waals surface area contributed by atoms with Gasteiger partial charge in [0, 0.05) is 5.56 Å². The molecule has 0 N–H and O–H groups in total. The van der Waals surface area contributed by atoms with Crippen LogP contribution in [0.15, 0.2) is 89.1 Å². The summed E-state index contributed by atoms with van der Waals surface area (Å²) in [5.74, 6) is -0.330. The first-order chi connectivity index (χ1) is 16.4. The summed E-state index contributed by atoms with van der Waals surface area (Å²) < 4.78 is 5.89. The van der Waals surface area contributed by atoms with E-state index < -0.39 is 0 Å². The monoisotopic (exact) mass is 448 g/mol. The van der Waals surface area contributed by atoms with Crippen molar-refractivity contribution < 1.29 is 14.0 Å². The van der Waals surface area contributed by atoms with Crippen LogP contribution in [0.5, 0.6) is 0 Å². The fraction of sp³-hybridized carbons (Fsp3) is 0.138. The number of benzene rings is 5. The van der Waals surface area contributed by atoms with Gasteiger partial charge in [-0.15, -0.1) is 0 Å². The number of hydrogen-bond donors (Lipinski definition) is 0. The first kappa shape index (κ1) is 21.7. The highest BCUT2D eigenvalue weighted by molar-refractivity contribution is 6.26. The van der Waals surface area contributed by atoms with E-state index in [0.717, 1.165) is 16.5 Å². The molecule has 34 heavy (non-hydrogen) atoms. The van der Waals surface area contributed by atoms with Gasteiger partial charge in [-0.1, -0.05) is 60.7 Å². The molecule has 0 radical (unpaired) electrons. The number of hydrogen-bond acceptors (Lipinski definition) is 4. The van der Waals surface area contributed by atoms with Crippen molar-refractivity contribution in [2.24, 2.45) is 10.2 Å². The van der Waals surface area contributed by atoms with E-state index in [1.165, 1.54) is 26.9 Å². The van der Waals surface area contributed by atoms with E-state index in [1.807, 2.05) is 33.3 Å². The first-order valence-electron chi connectivity index (χ1n) is 11.2. The number of quaternary nitrogens is 1. The first-order valence-corrected chi connectivity index (χ1v) is 11.2. The third kappa shape index (κ3) is 4.38. The predicted molar refractivity (Wildman–Crippen MR) is 140 cm³/mol. The molecule has 0 amide bonds. The van der Waals surface area contributed by atoms with Crippen molar-refractivity contribution >= 4 is 50.7 Å². The lowest BCUT2D eigenvalue weighted by Gasteiger charge is -2.22. The lowest BCUT2D eigenvalue weighted by atomic mass is 9.92. The van der Waals surface area contributed by atoms with Crippen LogP contribution in [-0.2, 0) is 4.74 Å². The molecule has 5 aromatic carbocycles. The van der Waals surface area contributed by atoms with Crippen molar-refractivity contribution in [2.45, 2.75) is 0 Å². The highest BCUT2D eigenvalue weighted by Gasteiger charge is 2.13. The summed E-state index contributed by atoms with van der Waals surface area (Å²) in [6.07, 6.45) is 3.48. The van der Waals surface area contributed by atoms with E-state index in [0.29, 0.717) is 16.8 Å². The molecular formula is C29H26N3O2+. The van der Waals surface area contributed by atoms with E-state index in [-0.39, 0.29) is 5.97 Å². The topological polar surface area (TPSA) is 51.0 Å². The number of carbonyl (C=O) groups is 1. The Balaban J connectivity index is 1.36. The van der Waals surface area contributed by atoms with Gasteiger partial charge in [0.2, 0.25) is 6.73 Å². The summed E-state index contributed by atoms with van der Waals surface area (Å²) in [7, 11) is 5.91. The quantitative estimate of drug-likeness (QED) is 0.0816. The number of rotatable bonds is 6. The van der Waals surface area contributed by atoms with Crippen LogP contribution in [0.4, 0.5) is 0 Å². The van der Waals surface area contributed by atoms with Gasteiger partial charge < -0.3 is 4.74 Å². The second kappa shape index (κ2) is 8.69. The Hall–Kier alpha value is -4.09. The van der Waals surface area contributed by atoms with Crippen molar-refractivity contribution in [3.8, 4) is 0 Å². The van der Waals surface area contributed by atoms with Gasteiger partial charge in [-0.2, -0.15) is 10.2 Å². The van der Waals surface area contributed by atoms with Gasteiger partial charge in [0.15, 0.2) is 0 Å². The minimum absolute atomic E-state index is 0.319. The van der Waals surface area contributed by atoms with Crippen molar-refractivity contribution in [2.75, 3.05) is 27.9 Å². The van der Waals surface area contributed by atoms with Crippen molar-refractivity contribution in [1.29, 1.82) is 0 Å². The maximum atomic E-state index is 12.2. The maximum absolute atomic E-state index is 12.2. The van der Waals surface area contributed by atoms with Gasteiger partial charge >= 0.3 is 5.97 Å². The van der Waals surface area contributed by atoms with Crippen LogP contribution in [-0.4, -0.2) is 50.8 Å². The van der Waals surface area contributed by atoms with Crippen LogP contribution in [0.25, 0.3) is 32.3 Å². The summed E-state index contributed by atoms with van der Waals surface area (Å²) in [5.41, 5.74) is 2.40. The Labute approximate surface area is 198 Å². The van der Waals surface area contributed by atoms with Gasteiger partial charge in [-0.05, 0) is 56.1 Å². The highest BCUT2D eigenvalue weighted by Crippen LogP contribution is 2.35. The normalized spacial score (nSPS) is 12.6. The summed E-state index contributed by atoms with van der Waals surface area (Å²) in [6.45, 7) is 0.319. The fourth-order valence-electron chi connectivity index (χ4n) is 4.13. The Morgan fingerprint density at radius 1 is 0.794 bits per heavy atom. The lowest BCUT2D eigenvalue weighted by Crippen LogP contribution is -2.37. The molecular weight excluding hydrogens is 422 g/mol. The molecule has 5 heteroatoms. The molecule has 5 nitrogen and oxygen atoms in total. The van der Waals surface area contributed by atoms with Crippen LogP contribution >= 0.6 is 0 Å². The molecule has 0 unspecified atom stereocenters. The molecule has 5 aromatic rings. The molecule has 0 aliphatic rings. The maximum Gasteiger partial charge on any atom is 0.342 e. The minimum atomic E-state index is -0.330. The summed E-state index contributed by atoms with van der Waals surface area (Å²) >= 11 is 0. The molecule has 5 rings (SSSR count). The zero-order chi connectivity index (χ0) is 23.7. The standard InChI is InChI=1S/C29H26N3O2/c1-32(2,3)19-34-29(33)23-12-10-20(11-13-23)17-30-31-18-25-16-24-8-4-6-21-14-15-22-7-5-9-26(25)28(22)27(21)24/h4-18H,19H2,1-3H3/q+1/b30-17+,31-18+. The Kier molecular flexibility index (Phi) is 5.56. The molecule has 0 spiro atoms. The van der Waals surface area contributed by atoms with E-state index in [2.05, 4.69) is 64.8 Å². The smallest absolute Gasteiger partial charge is 0.342 e. The van der Waals surface area contributed by atoms with E-state index in [4.69, 9.17) is 4.74 Å². The molecule has 0 aromatic heterocycles. The van der Waals surface area contributed by atoms with Gasteiger partial charge in [0.25, 0.3) is 0 Å². The lowest BCUT2D eigenvalue weighted by molar-refractivity contribution is -0.887. The third-order valence-electron chi connectivity index (χ3n) is 5.74. The zero-order valence-electron chi connectivity index (χ0n) is 19.5. The van der Waals surface area contributed by atoms with Gasteiger partial charge in [-0.3, -0.25) is 4.48 Å². The molecule has 0 saturated heterocycles. The average molecular weight is 449 g/mol. The molecule has 0 bridgehead atoms. The van der Waals surface area contributed by atoms with Gasteiger partial charge in [0.1, 0.15) is 0 Å². The molecule has 0 aliphatic carbocycles. The third-order valence-corrected chi connectivity index (χ3v) is 5.74. The zero-order valence-corrected chi connectivity index (χ0v) is 19.5. The summed E-state index contributed by atoms with van der Waals surface area (Å²) in [5, 5.41) is 15.9. The van der Waals surface area contributed by atoms with Crippen LogP contribution in [0.1, 0.15) is 21.5 Å². The minimum Gasteiger partial charge on any atom is -0.411 e. The van der Waals surface area contributed by atoms with Crippen LogP contribution in [0.3, 0.4) is 0 Å². The van der Waals surface area contributed by atoms with Crippen LogP contribution < -0.4 is 0 Å². The van der Waals surface area contributed by atoms with E-state index >= 15 is 0 Å². The summed E-state index contributed by atoms with van der Waals surface area (Å²) in [4.78, 5) is 12.2. The molecule has 0 fully saturated rings. The molecule has 0 heterocycles. The Bertz CT molecular complexity index is 1540. The SMILES string of the molecule is C[N+](C)(C)COC(=O)c1ccc(/C=N/N=C/c2cc3cccc4ccc5cccc2c5c43)cc1. The second-order valence-corrected chi connectivity index (χ2v) is 9.48. The predicted octanol–water partition coefficient (Wildman–Crippen LogP) is 5.86. The number of carbonyl (C=O) groups excluding carboxylic acids is 1.